The summed E-state index contributed by atoms with van der Waals surface area (Å²) in [5.74, 6) is -1.65. The van der Waals surface area contributed by atoms with Crippen LogP contribution in [-0.4, -0.2) is 33.1 Å². The highest BCUT2D eigenvalue weighted by Gasteiger charge is 2.42. The standard InChI is InChI=1S/C17H19F3N4O/c18-17(19,20)12-5-4-6-13(9-12)22-16(25)10-14-11-21-24(23-14)15-7-2-1-3-8-15/h1-3,7-8,11-13H,4-6,9-10H2,(H,22,25). The van der Waals surface area contributed by atoms with Gasteiger partial charge in [-0.15, -0.1) is 0 Å². The van der Waals surface area contributed by atoms with Crippen LogP contribution in [0.15, 0.2) is 36.5 Å². The molecule has 0 radical (unpaired) electrons. The summed E-state index contributed by atoms with van der Waals surface area (Å²) in [5.41, 5.74) is 1.25. The Morgan fingerprint density at radius 1 is 1.24 bits per heavy atom. The monoisotopic (exact) mass is 352 g/mol. The zero-order valence-corrected chi connectivity index (χ0v) is 13.5. The van der Waals surface area contributed by atoms with Crippen molar-refractivity contribution in [2.45, 2.75) is 44.3 Å². The van der Waals surface area contributed by atoms with E-state index in [0.717, 1.165) is 5.69 Å². The number of para-hydroxylation sites is 1. The third kappa shape index (κ3) is 4.58. The number of hydrogen-bond acceptors (Lipinski definition) is 3. The molecule has 1 saturated carbocycles. The van der Waals surface area contributed by atoms with Gasteiger partial charge in [0.2, 0.25) is 5.91 Å². The Balaban J connectivity index is 1.55. The van der Waals surface area contributed by atoms with Gasteiger partial charge in [-0.3, -0.25) is 4.79 Å². The zero-order valence-electron chi connectivity index (χ0n) is 13.5. The Morgan fingerprint density at radius 2 is 2.00 bits per heavy atom. The quantitative estimate of drug-likeness (QED) is 0.920. The molecule has 134 valence electrons. The van der Waals surface area contributed by atoms with Gasteiger partial charge in [0.05, 0.1) is 29.9 Å². The lowest BCUT2D eigenvalue weighted by Gasteiger charge is -2.30. The number of nitrogens with one attached hydrogen (secondary N) is 1. The van der Waals surface area contributed by atoms with Gasteiger partial charge in [0, 0.05) is 6.04 Å². The van der Waals surface area contributed by atoms with Gasteiger partial charge in [-0.1, -0.05) is 24.6 Å². The van der Waals surface area contributed by atoms with E-state index < -0.39 is 18.1 Å². The first-order chi connectivity index (χ1) is 11.9. The lowest BCUT2D eigenvalue weighted by atomic mass is 9.85. The van der Waals surface area contributed by atoms with E-state index in [-0.39, 0.29) is 25.2 Å². The number of hydrogen-bond donors (Lipinski definition) is 1. The largest absolute Gasteiger partial charge is 0.391 e. The van der Waals surface area contributed by atoms with Crippen molar-refractivity contribution in [1.82, 2.24) is 20.3 Å². The molecule has 3 rings (SSSR count). The van der Waals surface area contributed by atoms with E-state index in [9.17, 15) is 18.0 Å². The maximum absolute atomic E-state index is 12.8. The normalized spacial score (nSPS) is 21.1. The van der Waals surface area contributed by atoms with Gasteiger partial charge in [-0.2, -0.15) is 28.2 Å². The summed E-state index contributed by atoms with van der Waals surface area (Å²) in [4.78, 5) is 13.5. The van der Waals surface area contributed by atoms with E-state index in [0.29, 0.717) is 18.5 Å². The molecule has 1 aromatic heterocycles. The summed E-state index contributed by atoms with van der Waals surface area (Å²) >= 11 is 0. The van der Waals surface area contributed by atoms with E-state index in [1.54, 1.807) is 0 Å². The zero-order chi connectivity index (χ0) is 17.9. The Morgan fingerprint density at radius 3 is 2.72 bits per heavy atom. The van der Waals surface area contributed by atoms with Gasteiger partial charge in [-0.25, -0.2) is 0 Å². The number of halogens is 3. The number of alkyl halides is 3. The first-order valence-electron chi connectivity index (χ1n) is 8.24. The van der Waals surface area contributed by atoms with Crippen LogP contribution in [0.2, 0.25) is 0 Å². The highest BCUT2D eigenvalue weighted by Crippen LogP contribution is 2.37. The molecule has 25 heavy (non-hydrogen) atoms. The molecule has 2 aromatic rings. The highest BCUT2D eigenvalue weighted by molar-refractivity contribution is 5.78. The van der Waals surface area contributed by atoms with Gasteiger partial charge in [0.1, 0.15) is 0 Å². The molecule has 1 heterocycles. The second kappa shape index (κ2) is 7.25. The average Bonchev–Trinajstić information content (AvgIpc) is 3.03. The number of carbonyl (C=O) groups excluding carboxylic acids is 1. The van der Waals surface area contributed by atoms with Gasteiger partial charge in [0.15, 0.2) is 0 Å². The number of rotatable bonds is 4. The maximum Gasteiger partial charge on any atom is 0.391 e. The molecule has 0 bridgehead atoms. The molecule has 0 saturated heterocycles. The van der Waals surface area contributed by atoms with Crippen molar-refractivity contribution in [2.75, 3.05) is 0 Å². The third-order valence-electron chi connectivity index (χ3n) is 4.37. The summed E-state index contributed by atoms with van der Waals surface area (Å²) in [7, 11) is 0. The lowest BCUT2D eigenvalue weighted by molar-refractivity contribution is -0.184. The van der Waals surface area contributed by atoms with Gasteiger partial charge in [-0.05, 0) is 31.4 Å². The van der Waals surface area contributed by atoms with Crippen LogP contribution in [0, 0.1) is 5.92 Å². The number of benzene rings is 1. The second-order valence-corrected chi connectivity index (χ2v) is 6.31. The molecule has 1 aliphatic carbocycles. The fourth-order valence-electron chi connectivity index (χ4n) is 3.12. The maximum atomic E-state index is 12.8. The highest BCUT2D eigenvalue weighted by atomic mass is 19.4. The predicted octanol–water partition coefficient (Wildman–Crippen LogP) is 3.05. The number of carbonyl (C=O) groups is 1. The molecule has 1 amide bonds. The molecule has 1 aliphatic rings. The van der Waals surface area contributed by atoms with E-state index in [1.807, 2.05) is 30.3 Å². The predicted molar refractivity (Wildman–Crippen MR) is 85.0 cm³/mol. The first-order valence-corrected chi connectivity index (χ1v) is 8.24. The minimum atomic E-state index is -4.19. The summed E-state index contributed by atoms with van der Waals surface area (Å²) in [5, 5.41) is 11.0. The summed E-state index contributed by atoms with van der Waals surface area (Å²) < 4.78 is 38.5. The Bertz CT molecular complexity index is 714. The van der Waals surface area contributed by atoms with E-state index in [2.05, 4.69) is 15.5 Å². The van der Waals surface area contributed by atoms with Crippen molar-refractivity contribution >= 4 is 5.91 Å². The smallest absolute Gasteiger partial charge is 0.353 e. The minimum Gasteiger partial charge on any atom is -0.353 e. The fraction of sp³-hybridized carbons (Fsp3) is 0.471. The SMILES string of the molecule is O=C(Cc1cnn(-c2ccccc2)n1)NC1CCCC(C(F)(F)F)C1. The Hall–Kier alpha value is -2.38. The number of aromatic nitrogens is 3. The Kier molecular flexibility index (Phi) is 5.06. The molecule has 1 aromatic carbocycles. The fourth-order valence-corrected chi connectivity index (χ4v) is 3.12. The average molecular weight is 352 g/mol. The summed E-state index contributed by atoms with van der Waals surface area (Å²) in [6.45, 7) is 0. The van der Waals surface area contributed by atoms with E-state index in [1.165, 1.54) is 11.0 Å². The van der Waals surface area contributed by atoms with Crippen LogP contribution in [-0.2, 0) is 11.2 Å². The molecule has 2 unspecified atom stereocenters. The van der Waals surface area contributed by atoms with Crippen molar-refractivity contribution in [3.63, 3.8) is 0 Å². The van der Waals surface area contributed by atoms with Crippen LogP contribution >= 0.6 is 0 Å². The second-order valence-electron chi connectivity index (χ2n) is 6.31. The first kappa shape index (κ1) is 17.4. The number of nitrogens with zero attached hydrogens (tertiary/aromatic N) is 3. The van der Waals surface area contributed by atoms with Crippen LogP contribution in [0.1, 0.15) is 31.4 Å². The molecule has 1 N–H and O–H groups in total. The van der Waals surface area contributed by atoms with Crippen molar-refractivity contribution in [2.24, 2.45) is 5.92 Å². The van der Waals surface area contributed by atoms with Gasteiger partial charge in [0.25, 0.3) is 0 Å². The summed E-state index contributed by atoms with van der Waals surface area (Å²) in [6, 6.07) is 8.82. The van der Waals surface area contributed by atoms with E-state index >= 15 is 0 Å². The van der Waals surface area contributed by atoms with Crippen molar-refractivity contribution in [3.05, 3.63) is 42.2 Å². The van der Waals surface area contributed by atoms with Crippen LogP contribution in [0.5, 0.6) is 0 Å². The van der Waals surface area contributed by atoms with Crippen molar-refractivity contribution in [3.8, 4) is 5.69 Å². The molecular formula is C17H19F3N4O. The molecule has 0 aliphatic heterocycles. The van der Waals surface area contributed by atoms with Crippen LogP contribution in [0.25, 0.3) is 5.69 Å². The topological polar surface area (TPSA) is 59.8 Å². The van der Waals surface area contributed by atoms with Crippen molar-refractivity contribution < 1.29 is 18.0 Å². The molecule has 2 atom stereocenters. The summed E-state index contributed by atoms with van der Waals surface area (Å²) in [6.07, 6.45) is -1.56. The molecular weight excluding hydrogens is 333 g/mol. The van der Waals surface area contributed by atoms with Gasteiger partial charge < -0.3 is 5.32 Å². The molecule has 5 nitrogen and oxygen atoms in total. The van der Waals surface area contributed by atoms with Gasteiger partial charge >= 0.3 is 6.18 Å². The lowest BCUT2D eigenvalue weighted by Crippen LogP contribution is -2.42. The van der Waals surface area contributed by atoms with Crippen LogP contribution in [0.3, 0.4) is 0 Å². The van der Waals surface area contributed by atoms with Crippen LogP contribution in [0.4, 0.5) is 13.2 Å². The van der Waals surface area contributed by atoms with Crippen molar-refractivity contribution in [1.29, 1.82) is 0 Å². The molecule has 8 heteroatoms. The molecule has 0 spiro atoms. The van der Waals surface area contributed by atoms with E-state index in [4.69, 9.17) is 0 Å². The Labute approximate surface area is 143 Å². The minimum absolute atomic E-state index is 0.0000180. The third-order valence-corrected chi connectivity index (χ3v) is 4.37. The molecule has 1 fully saturated rings. The number of amides is 1. The van der Waals surface area contributed by atoms with Crippen LogP contribution < -0.4 is 5.32 Å².